The molecule has 0 aromatic carbocycles. The molecule has 1 aliphatic heterocycles. The van der Waals surface area contributed by atoms with Crippen molar-refractivity contribution in [1.29, 1.82) is 0 Å². The second-order valence-electron chi connectivity index (χ2n) is 4.03. The van der Waals surface area contributed by atoms with Gasteiger partial charge >= 0.3 is 7.82 Å². The van der Waals surface area contributed by atoms with Gasteiger partial charge in [-0.05, 0) is 0 Å². The number of phosphoric acid groups is 1. The zero-order valence-corrected chi connectivity index (χ0v) is 10.8. The number of ether oxygens (including phenoxy) is 1. The molecule has 1 amide bonds. The van der Waals surface area contributed by atoms with Crippen LogP contribution in [0, 0.1) is 0 Å². The van der Waals surface area contributed by atoms with E-state index in [9.17, 15) is 19.6 Å². The quantitative estimate of drug-likeness (QED) is 0.297. The van der Waals surface area contributed by atoms with Crippen LogP contribution in [0.4, 0.5) is 0 Å². The lowest BCUT2D eigenvalue weighted by Gasteiger charge is -2.41. The molecule has 1 fully saturated rings. The Morgan fingerprint density at radius 1 is 1.37 bits per heavy atom. The van der Waals surface area contributed by atoms with E-state index in [4.69, 9.17) is 19.6 Å². The minimum Gasteiger partial charge on any atom is -0.394 e. The summed E-state index contributed by atoms with van der Waals surface area (Å²) < 4.78 is 19.7. The Morgan fingerprint density at radius 2 is 1.95 bits per heavy atom. The molecule has 0 radical (unpaired) electrons. The summed E-state index contributed by atoms with van der Waals surface area (Å²) in [6.07, 6.45) is -6.42. The van der Waals surface area contributed by atoms with Crippen LogP contribution in [0.3, 0.4) is 0 Å². The first-order valence-electron chi connectivity index (χ1n) is 5.29. The number of carbonyl (C=O) groups excluding carboxylic acids is 1. The average Bonchev–Trinajstić information content (AvgIpc) is 2.26. The van der Waals surface area contributed by atoms with E-state index in [2.05, 4.69) is 9.84 Å². The Bertz CT molecular complexity index is 369. The molecule has 0 aliphatic carbocycles. The van der Waals surface area contributed by atoms with Crippen LogP contribution in [0.25, 0.3) is 0 Å². The molecule has 1 aliphatic rings. The van der Waals surface area contributed by atoms with E-state index < -0.39 is 51.0 Å². The second-order valence-corrected chi connectivity index (χ2v) is 5.22. The van der Waals surface area contributed by atoms with Crippen LogP contribution in [0.5, 0.6) is 0 Å². The second kappa shape index (κ2) is 6.25. The van der Waals surface area contributed by atoms with Crippen molar-refractivity contribution in [2.24, 2.45) is 0 Å². The van der Waals surface area contributed by atoms with Gasteiger partial charge in [-0.1, -0.05) is 0 Å². The van der Waals surface area contributed by atoms with E-state index in [-0.39, 0.29) is 0 Å². The van der Waals surface area contributed by atoms with Gasteiger partial charge in [0.2, 0.25) is 5.91 Å². The summed E-state index contributed by atoms with van der Waals surface area (Å²) in [6, 6.07) is -1.13. The minimum atomic E-state index is -4.95. The fourth-order valence-electron chi connectivity index (χ4n) is 1.72. The summed E-state index contributed by atoms with van der Waals surface area (Å²) in [6.45, 7) is 0.502. The van der Waals surface area contributed by atoms with E-state index in [1.54, 1.807) is 0 Å². The molecule has 0 aromatic rings. The smallest absolute Gasteiger partial charge is 0.394 e. The highest BCUT2D eigenvalue weighted by Crippen LogP contribution is 2.40. The topological polar surface area (TPSA) is 166 Å². The van der Waals surface area contributed by atoms with Gasteiger partial charge < -0.3 is 35.2 Å². The fraction of sp³-hybridized carbons (Fsp3) is 0.875. The van der Waals surface area contributed by atoms with Crippen molar-refractivity contribution < 1.29 is 43.7 Å². The molecule has 1 heterocycles. The third-order valence-electron chi connectivity index (χ3n) is 2.50. The number of carbonyl (C=O) groups is 1. The lowest BCUT2D eigenvalue weighted by Crippen LogP contribution is -2.64. The van der Waals surface area contributed by atoms with E-state index in [1.165, 1.54) is 0 Å². The molecule has 5 atom stereocenters. The SMILES string of the molecule is CC(=O)N[C@H]1[C@H](O)[C@@H](O)[C@@H](OP(=O)(O)O)O[C@@H]1CO. The summed E-state index contributed by atoms with van der Waals surface area (Å²) in [5.74, 6) is -0.535. The maximum absolute atomic E-state index is 10.9. The van der Waals surface area contributed by atoms with Gasteiger partial charge in [0.05, 0.1) is 12.6 Å². The number of nitrogens with one attached hydrogen (secondary N) is 1. The Labute approximate surface area is 108 Å². The molecule has 0 saturated carbocycles. The minimum absolute atomic E-state index is 0.535. The first-order valence-corrected chi connectivity index (χ1v) is 6.82. The molecule has 1 rings (SSSR count). The molecule has 0 unspecified atom stereocenters. The third-order valence-corrected chi connectivity index (χ3v) is 2.98. The summed E-state index contributed by atoms with van der Waals surface area (Å²) in [7, 11) is -4.95. The molecule has 1 saturated heterocycles. The summed E-state index contributed by atoms with van der Waals surface area (Å²) in [5, 5.41) is 30.7. The Morgan fingerprint density at radius 3 is 2.37 bits per heavy atom. The van der Waals surface area contributed by atoms with Crippen LogP contribution in [0.1, 0.15) is 6.92 Å². The Balaban J connectivity index is 2.84. The zero-order chi connectivity index (χ0) is 14.8. The molecular formula is C8H16NO9P. The van der Waals surface area contributed by atoms with Crippen molar-refractivity contribution in [3.8, 4) is 0 Å². The van der Waals surface area contributed by atoms with Crippen LogP contribution >= 0.6 is 7.82 Å². The van der Waals surface area contributed by atoms with Gasteiger partial charge in [-0.2, -0.15) is 0 Å². The molecule has 112 valence electrons. The van der Waals surface area contributed by atoms with Crippen molar-refractivity contribution in [1.82, 2.24) is 5.32 Å². The molecule has 0 spiro atoms. The van der Waals surface area contributed by atoms with E-state index in [0.717, 1.165) is 6.92 Å². The highest BCUT2D eigenvalue weighted by molar-refractivity contribution is 7.46. The highest BCUT2D eigenvalue weighted by Gasteiger charge is 2.47. The third kappa shape index (κ3) is 4.48. The first-order chi connectivity index (χ1) is 8.65. The maximum atomic E-state index is 10.9. The van der Waals surface area contributed by atoms with Gasteiger partial charge in [0, 0.05) is 6.92 Å². The van der Waals surface area contributed by atoms with Gasteiger partial charge in [0.15, 0.2) is 6.29 Å². The number of hydrogen-bond donors (Lipinski definition) is 6. The Kier molecular flexibility index (Phi) is 5.42. The van der Waals surface area contributed by atoms with Crippen molar-refractivity contribution >= 4 is 13.7 Å². The van der Waals surface area contributed by atoms with Crippen LogP contribution in [0.15, 0.2) is 0 Å². The van der Waals surface area contributed by atoms with Crippen molar-refractivity contribution in [2.75, 3.05) is 6.61 Å². The molecule has 6 N–H and O–H groups in total. The highest BCUT2D eigenvalue weighted by atomic mass is 31.2. The predicted octanol–water partition coefficient (Wildman–Crippen LogP) is -2.96. The first kappa shape index (κ1) is 16.5. The molecule has 10 nitrogen and oxygen atoms in total. The van der Waals surface area contributed by atoms with E-state index in [1.807, 2.05) is 0 Å². The molecule has 11 heteroatoms. The van der Waals surface area contributed by atoms with Gasteiger partial charge in [0.1, 0.15) is 18.3 Å². The number of aliphatic hydroxyl groups is 3. The zero-order valence-electron chi connectivity index (χ0n) is 9.91. The van der Waals surface area contributed by atoms with Crippen LogP contribution in [0.2, 0.25) is 0 Å². The summed E-state index contributed by atoms with van der Waals surface area (Å²) in [4.78, 5) is 28.2. The van der Waals surface area contributed by atoms with Crippen LogP contribution in [-0.4, -0.2) is 68.3 Å². The Hall–Kier alpha value is -0.580. The number of rotatable bonds is 4. The van der Waals surface area contributed by atoms with Gasteiger partial charge in [-0.25, -0.2) is 4.57 Å². The van der Waals surface area contributed by atoms with Crippen molar-refractivity contribution in [3.63, 3.8) is 0 Å². The number of aliphatic hydroxyl groups excluding tert-OH is 3. The number of hydrogen-bond acceptors (Lipinski definition) is 7. The van der Waals surface area contributed by atoms with Crippen molar-refractivity contribution in [3.05, 3.63) is 0 Å². The van der Waals surface area contributed by atoms with Gasteiger partial charge in [0.25, 0.3) is 0 Å². The van der Waals surface area contributed by atoms with Crippen LogP contribution < -0.4 is 5.32 Å². The predicted molar refractivity (Wildman–Crippen MR) is 58.5 cm³/mol. The van der Waals surface area contributed by atoms with Gasteiger partial charge in [-0.15, -0.1) is 0 Å². The summed E-state index contributed by atoms with van der Waals surface area (Å²) >= 11 is 0. The maximum Gasteiger partial charge on any atom is 0.472 e. The monoisotopic (exact) mass is 301 g/mol. The average molecular weight is 301 g/mol. The molecular weight excluding hydrogens is 285 g/mol. The van der Waals surface area contributed by atoms with E-state index >= 15 is 0 Å². The molecule has 0 aromatic heterocycles. The van der Waals surface area contributed by atoms with E-state index in [0.29, 0.717) is 0 Å². The molecule has 19 heavy (non-hydrogen) atoms. The fourth-order valence-corrected chi connectivity index (χ4v) is 2.17. The largest absolute Gasteiger partial charge is 0.472 e. The van der Waals surface area contributed by atoms with Crippen molar-refractivity contribution in [2.45, 2.75) is 37.6 Å². The standard InChI is InChI=1S/C8H16NO9P/c1-3(11)9-5-4(2-10)17-8(7(13)6(5)12)18-19(14,15)16/h4-8,10,12-13H,2H2,1H3,(H,9,11)(H2,14,15,16)/t4-,5-,6+,7-,8-/m1/s1. The lowest BCUT2D eigenvalue weighted by atomic mass is 9.96. The number of phosphoric ester groups is 1. The normalized spacial score (nSPS) is 36.0. The van der Waals surface area contributed by atoms with Gasteiger partial charge in [-0.3, -0.25) is 9.32 Å². The summed E-state index contributed by atoms with van der Waals surface area (Å²) in [5.41, 5.74) is 0. The number of amides is 1. The van der Waals surface area contributed by atoms with Crippen LogP contribution in [-0.2, 0) is 18.6 Å². The molecule has 0 bridgehead atoms. The lowest BCUT2D eigenvalue weighted by molar-refractivity contribution is -0.255.